The van der Waals surface area contributed by atoms with Crippen molar-refractivity contribution in [3.05, 3.63) is 50.8 Å². The number of anilines is 1. The minimum atomic E-state index is 0.449. The van der Waals surface area contributed by atoms with Crippen molar-refractivity contribution in [1.82, 2.24) is 9.97 Å². The van der Waals surface area contributed by atoms with Crippen LogP contribution in [0.2, 0.25) is 10.0 Å². The van der Waals surface area contributed by atoms with E-state index in [-0.39, 0.29) is 0 Å². The summed E-state index contributed by atoms with van der Waals surface area (Å²) in [6.45, 7) is 5.86. The highest BCUT2D eigenvalue weighted by molar-refractivity contribution is 6.38. The highest BCUT2D eigenvalue weighted by Gasteiger charge is 2.04. The molecular weight excluding hydrogens is 295 g/mol. The zero-order valence-corrected chi connectivity index (χ0v) is 12.9. The van der Waals surface area contributed by atoms with Gasteiger partial charge in [-0.25, -0.2) is 15.4 Å². The molecule has 2 rings (SSSR count). The Balaban J connectivity index is 2.18. The van der Waals surface area contributed by atoms with Crippen molar-refractivity contribution in [3.8, 4) is 0 Å². The Hall–Kier alpha value is -1.65. The number of hydrazone groups is 1. The van der Waals surface area contributed by atoms with Crippen LogP contribution in [0, 0.1) is 20.8 Å². The van der Waals surface area contributed by atoms with E-state index in [1.165, 1.54) is 0 Å². The summed E-state index contributed by atoms with van der Waals surface area (Å²) >= 11 is 12.1. The maximum absolute atomic E-state index is 6.05. The predicted octanol–water partition coefficient (Wildman–Crippen LogP) is 4.15. The third-order valence-corrected chi connectivity index (χ3v) is 3.65. The van der Waals surface area contributed by atoms with Gasteiger partial charge in [-0.15, -0.1) is 0 Å². The first-order valence-corrected chi connectivity index (χ1v) is 6.79. The van der Waals surface area contributed by atoms with Gasteiger partial charge >= 0.3 is 0 Å². The third-order valence-electron chi connectivity index (χ3n) is 2.99. The Morgan fingerprint density at radius 3 is 2.15 bits per heavy atom. The number of rotatable bonds is 3. The molecule has 0 aliphatic carbocycles. The molecule has 0 aliphatic rings. The standard InChI is InChI=1S/C14H14Cl2N4/c1-8-9(2)18-14(19-10(8)3)20-17-7-11-12(15)5-4-6-13(11)16/h4-7H,1-3H3,(H,18,19,20). The average molecular weight is 309 g/mol. The molecule has 0 aliphatic heterocycles. The minimum absolute atomic E-state index is 0.449. The summed E-state index contributed by atoms with van der Waals surface area (Å²) in [6.07, 6.45) is 1.55. The number of hydrogen-bond donors (Lipinski definition) is 1. The minimum Gasteiger partial charge on any atom is -0.245 e. The molecule has 0 saturated carbocycles. The van der Waals surface area contributed by atoms with Gasteiger partial charge in [-0.3, -0.25) is 0 Å². The monoisotopic (exact) mass is 308 g/mol. The Labute approximate surface area is 127 Å². The average Bonchev–Trinajstić information content (AvgIpc) is 2.39. The molecule has 104 valence electrons. The lowest BCUT2D eigenvalue weighted by molar-refractivity contribution is 1.00. The van der Waals surface area contributed by atoms with Gasteiger partial charge in [-0.05, 0) is 38.5 Å². The van der Waals surface area contributed by atoms with E-state index < -0.39 is 0 Å². The maximum Gasteiger partial charge on any atom is 0.243 e. The van der Waals surface area contributed by atoms with Crippen LogP contribution < -0.4 is 5.43 Å². The van der Waals surface area contributed by atoms with Gasteiger partial charge in [0.2, 0.25) is 5.95 Å². The second-order valence-electron chi connectivity index (χ2n) is 4.35. The molecule has 0 radical (unpaired) electrons. The lowest BCUT2D eigenvalue weighted by Gasteiger charge is -2.06. The number of halogens is 2. The molecular formula is C14H14Cl2N4. The molecule has 1 aromatic carbocycles. The summed E-state index contributed by atoms with van der Waals surface area (Å²) in [6, 6.07) is 5.29. The summed E-state index contributed by atoms with van der Waals surface area (Å²) in [5.41, 5.74) is 6.36. The van der Waals surface area contributed by atoms with Crippen molar-refractivity contribution >= 4 is 35.4 Å². The first kappa shape index (κ1) is 14.8. The summed E-state index contributed by atoms with van der Waals surface area (Å²) in [4.78, 5) is 8.62. The van der Waals surface area contributed by atoms with Gasteiger partial charge in [0.05, 0.1) is 16.3 Å². The van der Waals surface area contributed by atoms with Gasteiger partial charge < -0.3 is 0 Å². The molecule has 1 heterocycles. The van der Waals surface area contributed by atoms with Crippen LogP contribution in [0.3, 0.4) is 0 Å². The van der Waals surface area contributed by atoms with Crippen molar-refractivity contribution in [1.29, 1.82) is 0 Å². The van der Waals surface area contributed by atoms with E-state index in [9.17, 15) is 0 Å². The van der Waals surface area contributed by atoms with E-state index in [1.807, 2.05) is 20.8 Å². The van der Waals surface area contributed by atoms with Crippen molar-refractivity contribution in [3.63, 3.8) is 0 Å². The first-order valence-electron chi connectivity index (χ1n) is 6.04. The van der Waals surface area contributed by atoms with Gasteiger partial charge in [0.25, 0.3) is 0 Å². The lowest BCUT2D eigenvalue weighted by atomic mass is 10.2. The fourth-order valence-electron chi connectivity index (χ4n) is 1.61. The molecule has 0 unspecified atom stereocenters. The zero-order valence-electron chi connectivity index (χ0n) is 11.4. The summed E-state index contributed by atoms with van der Waals surface area (Å²) in [5.74, 6) is 0.449. The summed E-state index contributed by atoms with van der Waals surface area (Å²) < 4.78 is 0. The summed E-state index contributed by atoms with van der Waals surface area (Å²) in [5, 5.41) is 5.16. The number of aromatic nitrogens is 2. The van der Waals surface area contributed by atoms with Crippen LogP contribution in [0.1, 0.15) is 22.5 Å². The van der Waals surface area contributed by atoms with Crippen LogP contribution >= 0.6 is 23.2 Å². The molecule has 20 heavy (non-hydrogen) atoms. The second-order valence-corrected chi connectivity index (χ2v) is 5.16. The Kier molecular flexibility index (Phi) is 4.57. The van der Waals surface area contributed by atoms with Crippen LogP contribution in [0.25, 0.3) is 0 Å². The molecule has 0 atom stereocenters. The Bertz CT molecular complexity index is 625. The number of hydrogen-bond acceptors (Lipinski definition) is 4. The molecule has 0 saturated heterocycles. The highest BCUT2D eigenvalue weighted by Crippen LogP contribution is 2.22. The highest BCUT2D eigenvalue weighted by atomic mass is 35.5. The SMILES string of the molecule is Cc1nc(NN=Cc2c(Cl)cccc2Cl)nc(C)c1C. The Morgan fingerprint density at radius 2 is 1.60 bits per heavy atom. The largest absolute Gasteiger partial charge is 0.245 e. The molecule has 0 amide bonds. The molecule has 6 heteroatoms. The molecule has 2 aromatic rings. The molecule has 1 N–H and O–H groups in total. The molecule has 0 bridgehead atoms. The number of benzene rings is 1. The van der Waals surface area contributed by atoms with Crippen molar-refractivity contribution in [2.75, 3.05) is 5.43 Å². The van der Waals surface area contributed by atoms with E-state index in [0.29, 0.717) is 21.6 Å². The van der Waals surface area contributed by atoms with Crippen LogP contribution in [-0.2, 0) is 0 Å². The van der Waals surface area contributed by atoms with Gasteiger partial charge in [0.1, 0.15) is 0 Å². The van der Waals surface area contributed by atoms with Crippen molar-refractivity contribution in [2.45, 2.75) is 20.8 Å². The normalized spacial score (nSPS) is 11.1. The molecule has 1 aromatic heterocycles. The zero-order chi connectivity index (χ0) is 14.7. The van der Waals surface area contributed by atoms with Crippen molar-refractivity contribution in [2.24, 2.45) is 5.10 Å². The van der Waals surface area contributed by atoms with E-state index in [2.05, 4.69) is 20.5 Å². The van der Waals surface area contributed by atoms with E-state index in [0.717, 1.165) is 17.0 Å². The quantitative estimate of drug-likeness (QED) is 0.684. The van der Waals surface area contributed by atoms with E-state index >= 15 is 0 Å². The smallest absolute Gasteiger partial charge is 0.243 e. The van der Waals surface area contributed by atoms with Crippen LogP contribution in [-0.4, -0.2) is 16.2 Å². The van der Waals surface area contributed by atoms with Gasteiger partial charge in [-0.1, -0.05) is 29.3 Å². The van der Waals surface area contributed by atoms with E-state index in [4.69, 9.17) is 23.2 Å². The Morgan fingerprint density at radius 1 is 1.05 bits per heavy atom. The van der Waals surface area contributed by atoms with Gasteiger partial charge in [-0.2, -0.15) is 5.10 Å². The maximum atomic E-state index is 6.05. The fourth-order valence-corrected chi connectivity index (χ4v) is 2.11. The van der Waals surface area contributed by atoms with Gasteiger partial charge in [0.15, 0.2) is 0 Å². The topological polar surface area (TPSA) is 50.2 Å². The third kappa shape index (κ3) is 3.26. The van der Waals surface area contributed by atoms with Gasteiger partial charge in [0, 0.05) is 17.0 Å². The predicted molar refractivity (Wildman–Crippen MR) is 83.9 cm³/mol. The van der Waals surface area contributed by atoms with Crippen LogP contribution in [0.15, 0.2) is 23.3 Å². The molecule has 0 fully saturated rings. The van der Waals surface area contributed by atoms with Crippen LogP contribution in [0.4, 0.5) is 5.95 Å². The summed E-state index contributed by atoms with van der Waals surface area (Å²) in [7, 11) is 0. The van der Waals surface area contributed by atoms with E-state index in [1.54, 1.807) is 24.4 Å². The molecule has 0 spiro atoms. The molecule has 4 nitrogen and oxygen atoms in total. The van der Waals surface area contributed by atoms with Crippen LogP contribution in [0.5, 0.6) is 0 Å². The second kappa shape index (κ2) is 6.20. The number of nitrogens with zero attached hydrogens (tertiary/aromatic N) is 3. The number of nitrogens with one attached hydrogen (secondary N) is 1. The first-order chi connectivity index (χ1) is 9.49. The van der Waals surface area contributed by atoms with Crippen molar-refractivity contribution < 1.29 is 0 Å². The number of aryl methyl sites for hydroxylation is 2. The fraction of sp³-hybridized carbons (Fsp3) is 0.214. The lowest BCUT2D eigenvalue weighted by Crippen LogP contribution is -2.02.